The van der Waals surface area contributed by atoms with E-state index >= 15 is 0 Å². The standard InChI is InChI=1S/C17H17N17S2/c1-6-10(25-29-16-27-23-8(3)35-16)12(18)33(31-6)14-20-5-21-15(22-14)34-13(19)11(7(2)32-34)26-30-17-28-24-9(4)36-17/h5H,18-19H2,1-4H3. The third kappa shape index (κ3) is 4.38. The van der Waals surface area contributed by atoms with Crippen molar-refractivity contribution in [1.29, 1.82) is 0 Å². The van der Waals surface area contributed by atoms with Crippen LogP contribution in [0.5, 0.6) is 0 Å². The quantitative estimate of drug-likeness (QED) is 0.307. The van der Waals surface area contributed by atoms with Crippen LogP contribution in [0.25, 0.3) is 11.9 Å². The van der Waals surface area contributed by atoms with Gasteiger partial charge in [0.1, 0.15) is 16.3 Å². The molecule has 0 saturated heterocycles. The second-order valence-corrected chi connectivity index (χ2v) is 9.48. The van der Waals surface area contributed by atoms with E-state index in [0.717, 1.165) is 10.0 Å². The van der Waals surface area contributed by atoms with Crippen molar-refractivity contribution in [3.63, 3.8) is 0 Å². The van der Waals surface area contributed by atoms with Crippen LogP contribution in [0.4, 0.5) is 33.3 Å². The third-order valence-electron chi connectivity index (χ3n) is 4.55. The fourth-order valence-corrected chi connectivity index (χ4v) is 3.97. The van der Waals surface area contributed by atoms with E-state index in [9.17, 15) is 0 Å². The minimum atomic E-state index is 0.133. The molecule has 36 heavy (non-hydrogen) atoms. The maximum atomic E-state index is 6.28. The van der Waals surface area contributed by atoms with Gasteiger partial charge in [0.2, 0.25) is 0 Å². The minimum absolute atomic E-state index is 0.133. The molecule has 0 radical (unpaired) electrons. The monoisotopic (exact) mass is 523 g/mol. The van der Waals surface area contributed by atoms with Gasteiger partial charge >= 0.3 is 0 Å². The summed E-state index contributed by atoms with van der Waals surface area (Å²) in [5.74, 6) is 0.630. The van der Waals surface area contributed by atoms with Crippen molar-refractivity contribution in [2.45, 2.75) is 27.7 Å². The van der Waals surface area contributed by atoms with E-state index in [-0.39, 0.29) is 23.5 Å². The fourth-order valence-electron chi connectivity index (χ4n) is 2.95. The van der Waals surface area contributed by atoms with Crippen molar-refractivity contribution in [2.24, 2.45) is 20.5 Å². The van der Waals surface area contributed by atoms with Gasteiger partial charge in [-0.25, -0.2) is 0 Å². The topological polar surface area (TPSA) is 227 Å². The molecule has 17 nitrogen and oxygen atoms in total. The summed E-state index contributed by atoms with van der Waals surface area (Å²) < 4.78 is 2.65. The average Bonchev–Trinajstić information content (AvgIpc) is 3.60. The molecule has 5 heterocycles. The van der Waals surface area contributed by atoms with Crippen LogP contribution in [0, 0.1) is 27.7 Å². The van der Waals surface area contributed by atoms with E-state index in [0.29, 0.717) is 33.0 Å². The van der Waals surface area contributed by atoms with Gasteiger partial charge in [-0.05, 0) is 27.7 Å². The summed E-state index contributed by atoms with van der Waals surface area (Å²) in [6, 6.07) is 0. The van der Waals surface area contributed by atoms with Gasteiger partial charge in [-0.15, -0.1) is 40.9 Å². The molecule has 0 spiro atoms. The molecule has 0 atom stereocenters. The molecule has 0 aliphatic rings. The number of aromatic nitrogens is 11. The van der Waals surface area contributed by atoms with Gasteiger partial charge in [0.25, 0.3) is 22.2 Å². The molecule has 4 N–H and O–H groups in total. The van der Waals surface area contributed by atoms with E-state index < -0.39 is 0 Å². The fraction of sp³-hybridized carbons (Fsp3) is 0.235. The van der Waals surface area contributed by atoms with Gasteiger partial charge < -0.3 is 11.5 Å². The van der Waals surface area contributed by atoms with E-state index in [1.54, 1.807) is 13.8 Å². The summed E-state index contributed by atoms with van der Waals surface area (Å²) in [6.45, 7) is 7.12. The number of nitrogens with zero attached hydrogens (tertiary/aromatic N) is 15. The van der Waals surface area contributed by atoms with Gasteiger partial charge in [0.05, 0.1) is 11.4 Å². The molecule has 0 aliphatic carbocycles. The maximum Gasteiger partial charge on any atom is 0.257 e. The SMILES string of the molecule is Cc1nnc(N=Nc2c(C)nn(-c3ncnc(-n4nc(C)c(N=Nc5nnc(C)s5)c4N)n3)c2N)s1. The second-order valence-electron chi connectivity index (χ2n) is 7.15. The molecule has 0 saturated carbocycles. The van der Waals surface area contributed by atoms with Gasteiger partial charge in [0.15, 0.2) is 23.0 Å². The summed E-state index contributed by atoms with van der Waals surface area (Å²) in [4.78, 5) is 12.8. The van der Waals surface area contributed by atoms with E-state index in [4.69, 9.17) is 11.5 Å². The molecule has 0 aliphatic heterocycles. The van der Waals surface area contributed by atoms with Crippen LogP contribution in [0.3, 0.4) is 0 Å². The lowest BCUT2D eigenvalue weighted by atomic mass is 10.4. The highest BCUT2D eigenvalue weighted by atomic mass is 32.1. The Labute approximate surface area is 210 Å². The normalized spacial score (nSPS) is 11.9. The number of aryl methyl sites for hydroxylation is 4. The summed E-state index contributed by atoms with van der Waals surface area (Å²) in [6.07, 6.45) is 1.29. The Balaban J connectivity index is 1.46. The van der Waals surface area contributed by atoms with Gasteiger partial charge in [-0.1, -0.05) is 22.7 Å². The summed E-state index contributed by atoms with van der Waals surface area (Å²) in [5.41, 5.74) is 14.3. The van der Waals surface area contributed by atoms with Gasteiger partial charge in [-0.3, -0.25) is 0 Å². The lowest BCUT2D eigenvalue weighted by molar-refractivity contribution is 0.744. The first-order valence-corrected chi connectivity index (χ1v) is 11.8. The Hall–Kier alpha value is -4.65. The highest BCUT2D eigenvalue weighted by molar-refractivity contribution is 7.15. The molecule has 5 aromatic heterocycles. The van der Waals surface area contributed by atoms with E-state index in [1.807, 2.05) is 13.8 Å². The van der Waals surface area contributed by atoms with Crippen molar-refractivity contribution in [3.8, 4) is 11.9 Å². The molecule has 0 amide bonds. The van der Waals surface area contributed by atoms with Gasteiger partial charge in [-0.2, -0.15) is 34.5 Å². The number of hydrogen-bond donors (Lipinski definition) is 2. The van der Waals surface area contributed by atoms with Crippen LogP contribution < -0.4 is 11.5 Å². The highest BCUT2D eigenvalue weighted by Crippen LogP contribution is 2.32. The summed E-state index contributed by atoms with van der Waals surface area (Å²) in [7, 11) is 0. The number of rotatable bonds is 6. The van der Waals surface area contributed by atoms with Crippen molar-refractivity contribution in [1.82, 2.24) is 54.9 Å². The van der Waals surface area contributed by atoms with Crippen LogP contribution in [0.2, 0.25) is 0 Å². The van der Waals surface area contributed by atoms with Crippen molar-refractivity contribution in [3.05, 3.63) is 27.7 Å². The zero-order chi connectivity index (χ0) is 25.4. The molecule has 19 heteroatoms. The molecular formula is C17H17N17S2. The first kappa shape index (κ1) is 23.1. The van der Waals surface area contributed by atoms with Crippen LogP contribution >= 0.6 is 22.7 Å². The van der Waals surface area contributed by atoms with Crippen molar-refractivity contribution >= 4 is 55.9 Å². The lowest BCUT2D eigenvalue weighted by Crippen LogP contribution is -2.12. The smallest absolute Gasteiger partial charge is 0.257 e. The van der Waals surface area contributed by atoms with Crippen molar-refractivity contribution < 1.29 is 0 Å². The zero-order valence-electron chi connectivity index (χ0n) is 19.3. The van der Waals surface area contributed by atoms with Crippen molar-refractivity contribution in [2.75, 3.05) is 11.5 Å². The zero-order valence-corrected chi connectivity index (χ0v) is 20.9. The molecule has 5 rings (SSSR count). The Kier molecular flexibility index (Phi) is 5.90. The van der Waals surface area contributed by atoms with Gasteiger partial charge in [0, 0.05) is 0 Å². The van der Waals surface area contributed by atoms with Crippen LogP contribution in [-0.4, -0.2) is 54.9 Å². The third-order valence-corrected chi connectivity index (χ3v) is 6.00. The molecule has 0 bridgehead atoms. The van der Waals surface area contributed by atoms with Crippen LogP contribution in [0.15, 0.2) is 26.8 Å². The molecule has 5 aromatic rings. The Morgan fingerprint density at radius 3 is 1.50 bits per heavy atom. The lowest BCUT2D eigenvalue weighted by Gasteiger charge is -2.05. The number of hydrogen-bond acceptors (Lipinski definition) is 17. The molecular weight excluding hydrogens is 506 g/mol. The highest BCUT2D eigenvalue weighted by Gasteiger charge is 2.20. The Morgan fingerprint density at radius 1 is 0.667 bits per heavy atom. The maximum absolute atomic E-state index is 6.28. The summed E-state index contributed by atoms with van der Waals surface area (Å²) in [5, 5.41) is 43.3. The number of azo groups is 2. The first-order valence-electron chi connectivity index (χ1n) is 10.1. The van der Waals surface area contributed by atoms with E-state index in [1.165, 1.54) is 38.4 Å². The second kappa shape index (κ2) is 9.19. The number of anilines is 2. The van der Waals surface area contributed by atoms with Crippen LogP contribution in [0.1, 0.15) is 21.4 Å². The molecule has 0 fully saturated rings. The minimum Gasteiger partial charge on any atom is -0.382 e. The Morgan fingerprint density at radius 2 is 1.11 bits per heavy atom. The van der Waals surface area contributed by atoms with E-state index in [2.05, 4.69) is 66.0 Å². The molecule has 0 aromatic carbocycles. The Bertz CT molecular complexity index is 1500. The van der Waals surface area contributed by atoms with Crippen LogP contribution in [-0.2, 0) is 0 Å². The predicted molar refractivity (Wildman–Crippen MR) is 130 cm³/mol. The molecule has 0 unspecified atom stereocenters. The predicted octanol–water partition coefficient (Wildman–Crippen LogP) is 3.17. The average molecular weight is 524 g/mol. The summed E-state index contributed by atoms with van der Waals surface area (Å²) >= 11 is 2.61. The number of nitrogen functional groups attached to an aromatic ring is 2. The largest absolute Gasteiger partial charge is 0.382 e. The number of nitrogens with two attached hydrogens (primary N) is 2. The first-order chi connectivity index (χ1) is 17.3. The molecule has 182 valence electrons.